The molecule has 0 aromatic carbocycles. The zero-order valence-electron chi connectivity index (χ0n) is 44.6. The second-order valence-corrected chi connectivity index (χ2v) is 20.0. The van der Waals surface area contributed by atoms with Crippen molar-refractivity contribution in [3.05, 3.63) is 48.6 Å². The van der Waals surface area contributed by atoms with E-state index in [1.165, 1.54) is 225 Å². The van der Waals surface area contributed by atoms with Gasteiger partial charge in [-0.15, -0.1) is 0 Å². The number of esters is 1. The van der Waals surface area contributed by atoms with E-state index >= 15 is 0 Å². The van der Waals surface area contributed by atoms with E-state index in [-0.39, 0.29) is 18.5 Å². The number of amides is 1. The third-order valence-corrected chi connectivity index (χ3v) is 13.3. The standard InChI is InChI=1S/C61H113NO5/c1-3-5-7-9-11-13-15-17-26-29-33-37-41-45-49-53-59(64)58(57-63)62-60(65)54-50-46-42-38-34-30-27-24-22-20-19-21-23-25-28-32-36-40-44-48-52-56-67-61(66)55-51-47-43-39-35-31-18-16-14-12-10-8-6-4-2/h16,18,32,36,44,48-49,53,58-59,63-64H,3-15,17,19-31,33-35,37-43,45-47,50-52,54-57H2,1-2H3,(H,62,65)/b18-16-,36-32-,48-44-,53-49+. The van der Waals surface area contributed by atoms with Crippen molar-refractivity contribution >= 4 is 11.9 Å². The van der Waals surface area contributed by atoms with Crippen molar-refractivity contribution in [2.75, 3.05) is 13.2 Å². The SMILES string of the molecule is CCCCCCC/C=C\CCCCCCCC(=O)OCC/C=C\C/C=C\CCCCCCCCCCCCCCCCC(=O)NC(CO)C(O)/C=C/CCCCCCCCCCCCCCC. The summed E-state index contributed by atoms with van der Waals surface area (Å²) in [6.45, 7) is 4.78. The maximum absolute atomic E-state index is 12.5. The summed E-state index contributed by atoms with van der Waals surface area (Å²) in [5.41, 5.74) is 0. The number of hydrogen-bond donors (Lipinski definition) is 3. The number of rotatable bonds is 54. The lowest BCUT2D eigenvalue weighted by molar-refractivity contribution is -0.143. The highest BCUT2D eigenvalue weighted by molar-refractivity contribution is 5.76. The summed E-state index contributed by atoms with van der Waals surface area (Å²) >= 11 is 0. The molecule has 0 fully saturated rings. The van der Waals surface area contributed by atoms with Crippen LogP contribution in [0.1, 0.15) is 303 Å². The number of carbonyl (C=O) groups excluding carboxylic acids is 2. The summed E-state index contributed by atoms with van der Waals surface area (Å²) in [5.74, 6) is -0.118. The van der Waals surface area contributed by atoms with Crippen LogP contribution in [-0.2, 0) is 14.3 Å². The predicted molar refractivity (Wildman–Crippen MR) is 292 cm³/mol. The van der Waals surface area contributed by atoms with Crippen LogP contribution >= 0.6 is 0 Å². The van der Waals surface area contributed by atoms with Gasteiger partial charge in [0.1, 0.15) is 0 Å². The fraction of sp³-hybridized carbons (Fsp3) is 0.836. The van der Waals surface area contributed by atoms with Gasteiger partial charge in [0.05, 0.1) is 25.4 Å². The van der Waals surface area contributed by atoms with E-state index in [9.17, 15) is 19.8 Å². The van der Waals surface area contributed by atoms with Crippen LogP contribution < -0.4 is 5.32 Å². The number of ether oxygens (including phenoxy) is 1. The van der Waals surface area contributed by atoms with Gasteiger partial charge < -0.3 is 20.3 Å². The molecule has 6 heteroatoms. The molecule has 6 nitrogen and oxygen atoms in total. The van der Waals surface area contributed by atoms with Gasteiger partial charge in [0.2, 0.25) is 5.91 Å². The first-order valence-corrected chi connectivity index (χ1v) is 29.4. The van der Waals surface area contributed by atoms with Gasteiger partial charge in [-0.1, -0.05) is 262 Å². The summed E-state index contributed by atoms with van der Waals surface area (Å²) < 4.78 is 5.41. The Kier molecular flexibility index (Phi) is 54.6. The van der Waals surface area contributed by atoms with Crippen LogP contribution in [0.25, 0.3) is 0 Å². The van der Waals surface area contributed by atoms with Crippen molar-refractivity contribution in [1.29, 1.82) is 0 Å². The second-order valence-electron chi connectivity index (χ2n) is 20.0. The predicted octanol–water partition coefficient (Wildman–Crippen LogP) is 18.2. The first-order valence-electron chi connectivity index (χ1n) is 29.4. The van der Waals surface area contributed by atoms with Crippen LogP contribution in [0.15, 0.2) is 48.6 Å². The first kappa shape index (κ1) is 64.8. The Morgan fingerprint density at radius 1 is 0.418 bits per heavy atom. The topological polar surface area (TPSA) is 95.9 Å². The van der Waals surface area contributed by atoms with Gasteiger partial charge in [0, 0.05) is 12.8 Å². The van der Waals surface area contributed by atoms with Crippen LogP contribution in [-0.4, -0.2) is 47.4 Å². The number of allylic oxidation sites excluding steroid dienone is 6. The fourth-order valence-corrected chi connectivity index (χ4v) is 8.82. The molecule has 67 heavy (non-hydrogen) atoms. The number of carbonyl (C=O) groups is 2. The minimum Gasteiger partial charge on any atom is -0.465 e. The van der Waals surface area contributed by atoms with E-state index in [0.29, 0.717) is 19.4 Å². The minimum absolute atomic E-state index is 0.0448. The normalized spacial score (nSPS) is 13.0. The first-order chi connectivity index (χ1) is 33.0. The van der Waals surface area contributed by atoms with Crippen molar-refractivity contribution < 1.29 is 24.5 Å². The number of aliphatic hydroxyl groups excluding tert-OH is 2. The Bertz CT molecular complexity index is 1130. The summed E-state index contributed by atoms with van der Waals surface area (Å²) in [4.78, 5) is 24.5. The molecule has 0 bridgehead atoms. The molecule has 0 aliphatic rings. The van der Waals surface area contributed by atoms with Crippen molar-refractivity contribution in [3.8, 4) is 0 Å². The highest BCUT2D eigenvalue weighted by atomic mass is 16.5. The molecule has 0 rings (SSSR count). The minimum atomic E-state index is -0.848. The lowest BCUT2D eigenvalue weighted by Gasteiger charge is -2.20. The van der Waals surface area contributed by atoms with Crippen LogP contribution in [0.5, 0.6) is 0 Å². The van der Waals surface area contributed by atoms with Gasteiger partial charge in [-0.25, -0.2) is 0 Å². The maximum atomic E-state index is 12.5. The van der Waals surface area contributed by atoms with E-state index in [4.69, 9.17) is 4.74 Å². The van der Waals surface area contributed by atoms with Gasteiger partial charge in [-0.2, -0.15) is 0 Å². The summed E-state index contributed by atoms with van der Waals surface area (Å²) in [6.07, 6.45) is 71.5. The molecule has 2 unspecified atom stereocenters. The van der Waals surface area contributed by atoms with E-state index in [2.05, 4.69) is 55.6 Å². The number of hydrogen-bond acceptors (Lipinski definition) is 5. The molecular weight excluding hydrogens is 827 g/mol. The van der Waals surface area contributed by atoms with Crippen molar-refractivity contribution in [2.24, 2.45) is 0 Å². The molecule has 0 heterocycles. The second kappa shape index (κ2) is 56.4. The number of unbranched alkanes of at least 4 members (excludes halogenated alkanes) is 37. The highest BCUT2D eigenvalue weighted by Crippen LogP contribution is 2.16. The summed E-state index contributed by atoms with van der Waals surface area (Å²) in [6, 6.07) is -0.632. The summed E-state index contributed by atoms with van der Waals surface area (Å²) in [7, 11) is 0. The van der Waals surface area contributed by atoms with E-state index < -0.39 is 12.1 Å². The van der Waals surface area contributed by atoms with Gasteiger partial charge >= 0.3 is 5.97 Å². The van der Waals surface area contributed by atoms with Crippen LogP contribution in [0.4, 0.5) is 0 Å². The average molecular weight is 941 g/mol. The molecule has 0 aromatic rings. The molecule has 0 spiro atoms. The molecule has 3 N–H and O–H groups in total. The lowest BCUT2D eigenvalue weighted by Crippen LogP contribution is -2.45. The lowest BCUT2D eigenvalue weighted by atomic mass is 10.0. The quantitative estimate of drug-likeness (QED) is 0.0321. The monoisotopic (exact) mass is 940 g/mol. The molecule has 0 aliphatic carbocycles. The molecule has 0 saturated carbocycles. The van der Waals surface area contributed by atoms with Crippen molar-refractivity contribution in [2.45, 2.75) is 315 Å². The maximum Gasteiger partial charge on any atom is 0.305 e. The third kappa shape index (κ3) is 53.0. The zero-order chi connectivity index (χ0) is 48.6. The van der Waals surface area contributed by atoms with Crippen molar-refractivity contribution in [1.82, 2.24) is 5.32 Å². The molecule has 0 saturated heterocycles. The fourth-order valence-electron chi connectivity index (χ4n) is 8.82. The molecular formula is C61H113NO5. The third-order valence-electron chi connectivity index (χ3n) is 13.3. The van der Waals surface area contributed by atoms with Crippen LogP contribution in [0.3, 0.4) is 0 Å². The van der Waals surface area contributed by atoms with Crippen molar-refractivity contribution in [3.63, 3.8) is 0 Å². The Hall–Kier alpha value is -2.18. The van der Waals surface area contributed by atoms with Gasteiger partial charge in [-0.05, 0) is 77.0 Å². The molecule has 392 valence electrons. The van der Waals surface area contributed by atoms with Crippen LogP contribution in [0, 0.1) is 0 Å². The Labute approximate surface area is 416 Å². The summed E-state index contributed by atoms with van der Waals surface area (Å²) in [5, 5.41) is 23.1. The van der Waals surface area contributed by atoms with Gasteiger partial charge in [-0.3, -0.25) is 9.59 Å². The molecule has 1 amide bonds. The van der Waals surface area contributed by atoms with Crippen LogP contribution in [0.2, 0.25) is 0 Å². The van der Waals surface area contributed by atoms with E-state index in [1.807, 2.05) is 6.08 Å². The molecule has 2 atom stereocenters. The van der Waals surface area contributed by atoms with Gasteiger partial charge in [0.25, 0.3) is 0 Å². The number of nitrogens with one attached hydrogen (secondary N) is 1. The van der Waals surface area contributed by atoms with Gasteiger partial charge in [0.15, 0.2) is 0 Å². The number of aliphatic hydroxyl groups is 2. The molecule has 0 aliphatic heterocycles. The Balaban J connectivity index is 3.49. The smallest absolute Gasteiger partial charge is 0.305 e. The average Bonchev–Trinajstić information content (AvgIpc) is 3.33. The zero-order valence-corrected chi connectivity index (χ0v) is 44.6. The largest absolute Gasteiger partial charge is 0.465 e. The van der Waals surface area contributed by atoms with E-state index in [1.54, 1.807) is 6.08 Å². The van der Waals surface area contributed by atoms with E-state index in [0.717, 1.165) is 51.4 Å². The molecule has 0 aromatic heterocycles. The Morgan fingerprint density at radius 2 is 0.746 bits per heavy atom. The highest BCUT2D eigenvalue weighted by Gasteiger charge is 2.18. The Morgan fingerprint density at radius 3 is 1.15 bits per heavy atom. The molecule has 0 radical (unpaired) electrons.